The Kier molecular flexibility index (Phi) is 3.83. The van der Waals surface area contributed by atoms with Gasteiger partial charge in [0, 0.05) is 24.4 Å². The molecule has 1 heterocycles. The smallest absolute Gasteiger partial charge is 0.165 e. The van der Waals surface area contributed by atoms with Crippen LogP contribution in [-0.4, -0.2) is 25.4 Å². The molecule has 1 saturated carbocycles. The fourth-order valence-corrected chi connectivity index (χ4v) is 3.50. The molecule has 0 aromatic heterocycles. The first kappa shape index (κ1) is 13.7. The van der Waals surface area contributed by atoms with Crippen molar-refractivity contribution in [2.45, 2.75) is 50.2 Å². The quantitative estimate of drug-likeness (QED) is 0.914. The summed E-state index contributed by atoms with van der Waals surface area (Å²) < 4.78 is 24.5. The molecule has 1 unspecified atom stereocenters. The minimum atomic E-state index is -0.322. The summed E-state index contributed by atoms with van der Waals surface area (Å²) in [6.07, 6.45) is 6.96. The van der Waals surface area contributed by atoms with Gasteiger partial charge in [-0.15, -0.1) is 0 Å². The summed E-state index contributed by atoms with van der Waals surface area (Å²) in [7, 11) is 1.49. The maximum atomic E-state index is 13.4. The van der Waals surface area contributed by atoms with Gasteiger partial charge in [-0.05, 0) is 37.8 Å². The highest BCUT2D eigenvalue weighted by atomic mass is 19.1. The molecule has 3 nitrogen and oxygen atoms in total. The van der Waals surface area contributed by atoms with Crippen LogP contribution in [0.4, 0.5) is 10.1 Å². The molecule has 0 bridgehead atoms. The van der Waals surface area contributed by atoms with Gasteiger partial charge in [0.25, 0.3) is 0 Å². The number of hydrogen-bond donors (Lipinski definition) is 1. The van der Waals surface area contributed by atoms with Crippen LogP contribution < -0.4 is 10.1 Å². The molecule has 2 fully saturated rings. The Hall–Kier alpha value is -1.29. The molecule has 1 aromatic rings. The number of nitrogens with one attached hydrogen (secondary N) is 1. The lowest BCUT2D eigenvalue weighted by molar-refractivity contribution is -0.0767. The van der Waals surface area contributed by atoms with E-state index in [2.05, 4.69) is 5.32 Å². The highest BCUT2D eigenvalue weighted by Crippen LogP contribution is 2.40. The molecule has 1 aliphatic carbocycles. The van der Waals surface area contributed by atoms with Crippen LogP contribution in [0.15, 0.2) is 18.2 Å². The monoisotopic (exact) mass is 279 g/mol. The Morgan fingerprint density at radius 2 is 2.15 bits per heavy atom. The van der Waals surface area contributed by atoms with E-state index >= 15 is 0 Å². The van der Waals surface area contributed by atoms with Crippen molar-refractivity contribution in [1.29, 1.82) is 0 Å². The molecule has 20 heavy (non-hydrogen) atoms. The van der Waals surface area contributed by atoms with E-state index in [-0.39, 0.29) is 17.2 Å². The molecule has 1 spiro atoms. The Labute approximate surface area is 119 Å². The third kappa shape index (κ3) is 2.75. The zero-order valence-corrected chi connectivity index (χ0v) is 12.0. The van der Waals surface area contributed by atoms with E-state index in [4.69, 9.17) is 9.47 Å². The van der Waals surface area contributed by atoms with Crippen LogP contribution in [-0.2, 0) is 4.74 Å². The van der Waals surface area contributed by atoms with Crippen molar-refractivity contribution in [3.05, 3.63) is 24.0 Å². The largest absolute Gasteiger partial charge is 0.494 e. The predicted molar refractivity (Wildman–Crippen MR) is 76.7 cm³/mol. The average molecular weight is 279 g/mol. The molecular formula is C16H22FNO2. The molecule has 1 atom stereocenters. The van der Waals surface area contributed by atoms with Gasteiger partial charge in [0.1, 0.15) is 0 Å². The predicted octanol–water partition coefficient (Wildman–Crippen LogP) is 3.74. The minimum absolute atomic E-state index is 0.0973. The molecule has 1 N–H and O–H groups in total. The van der Waals surface area contributed by atoms with E-state index < -0.39 is 0 Å². The van der Waals surface area contributed by atoms with Gasteiger partial charge in [-0.2, -0.15) is 0 Å². The first-order chi connectivity index (χ1) is 9.71. The Bertz CT molecular complexity index is 472. The number of hydrogen-bond acceptors (Lipinski definition) is 3. The van der Waals surface area contributed by atoms with Crippen molar-refractivity contribution in [3.63, 3.8) is 0 Å². The lowest BCUT2D eigenvalue weighted by Crippen LogP contribution is -2.42. The lowest BCUT2D eigenvalue weighted by atomic mass is 9.89. The third-order valence-electron chi connectivity index (χ3n) is 4.53. The Morgan fingerprint density at radius 1 is 1.35 bits per heavy atom. The van der Waals surface area contributed by atoms with Gasteiger partial charge in [-0.25, -0.2) is 4.39 Å². The van der Waals surface area contributed by atoms with Gasteiger partial charge in [-0.1, -0.05) is 12.8 Å². The molecule has 3 rings (SSSR count). The summed E-state index contributed by atoms with van der Waals surface area (Å²) in [5, 5.41) is 3.51. The molecular weight excluding hydrogens is 257 g/mol. The van der Waals surface area contributed by atoms with E-state index in [1.54, 1.807) is 12.1 Å². The van der Waals surface area contributed by atoms with Crippen molar-refractivity contribution in [3.8, 4) is 5.75 Å². The molecule has 1 aromatic carbocycles. The van der Waals surface area contributed by atoms with Crippen LogP contribution >= 0.6 is 0 Å². The first-order valence-corrected chi connectivity index (χ1v) is 7.45. The van der Waals surface area contributed by atoms with Gasteiger partial charge in [-0.3, -0.25) is 0 Å². The van der Waals surface area contributed by atoms with E-state index in [1.807, 2.05) is 0 Å². The maximum Gasteiger partial charge on any atom is 0.165 e. The fraction of sp³-hybridized carbons (Fsp3) is 0.625. The van der Waals surface area contributed by atoms with E-state index in [0.29, 0.717) is 6.04 Å². The topological polar surface area (TPSA) is 30.5 Å². The van der Waals surface area contributed by atoms with Gasteiger partial charge in [0.2, 0.25) is 0 Å². The molecule has 1 aliphatic heterocycles. The fourth-order valence-electron chi connectivity index (χ4n) is 3.50. The molecule has 4 heteroatoms. The Balaban J connectivity index is 1.68. The number of benzene rings is 1. The number of ether oxygens (including phenoxy) is 2. The van der Waals surface area contributed by atoms with E-state index in [1.165, 1.54) is 38.9 Å². The number of methoxy groups -OCH3 is 1. The molecule has 110 valence electrons. The standard InChI is InChI=1S/C16H22FNO2/c1-19-15-10-12(4-5-14(15)17)18-13-6-9-20-16(11-13)7-2-3-8-16/h4-5,10,13,18H,2-3,6-9,11H2,1H3. The summed E-state index contributed by atoms with van der Waals surface area (Å²) in [5.74, 6) is -0.0325. The normalized spacial score (nSPS) is 24.8. The summed E-state index contributed by atoms with van der Waals surface area (Å²) >= 11 is 0. The van der Waals surface area contributed by atoms with Crippen LogP contribution in [0.3, 0.4) is 0 Å². The highest BCUT2D eigenvalue weighted by Gasteiger charge is 2.39. The lowest BCUT2D eigenvalue weighted by Gasteiger charge is -2.39. The molecule has 2 aliphatic rings. The maximum absolute atomic E-state index is 13.4. The van der Waals surface area contributed by atoms with Crippen LogP contribution in [0, 0.1) is 5.82 Å². The van der Waals surface area contributed by atoms with Gasteiger partial charge < -0.3 is 14.8 Å². The zero-order valence-electron chi connectivity index (χ0n) is 12.0. The average Bonchev–Trinajstić information content (AvgIpc) is 2.89. The number of rotatable bonds is 3. The van der Waals surface area contributed by atoms with Crippen molar-refractivity contribution < 1.29 is 13.9 Å². The second kappa shape index (κ2) is 5.60. The van der Waals surface area contributed by atoms with E-state index in [9.17, 15) is 4.39 Å². The highest BCUT2D eigenvalue weighted by molar-refractivity contribution is 5.49. The summed E-state index contributed by atoms with van der Waals surface area (Å²) in [6.45, 7) is 0.815. The van der Waals surface area contributed by atoms with Crippen molar-refractivity contribution in [2.75, 3.05) is 19.0 Å². The molecule has 1 saturated heterocycles. The minimum Gasteiger partial charge on any atom is -0.494 e. The van der Waals surface area contributed by atoms with Crippen LogP contribution in [0.5, 0.6) is 5.75 Å². The van der Waals surface area contributed by atoms with Gasteiger partial charge in [0.05, 0.1) is 12.7 Å². The van der Waals surface area contributed by atoms with Crippen LogP contribution in [0.2, 0.25) is 0 Å². The third-order valence-corrected chi connectivity index (χ3v) is 4.53. The summed E-state index contributed by atoms with van der Waals surface area (Å²) in [5.41, 5.74) is 1.02. The summed E-state index contributed by atoms with van der Waals surface area (Å²) in [6, 6.07) is 5.35. The molecule has 0 amide bonds. The zero-order chi connectivity index (χ0) is 14.0. The van der Waals surface area contributed by atoms with Crippen molar-refractivity contribution in [2.24, 2.45) is 0 Å². The molecule has 0 radical (unpaired) electrons. The second-order valence-corrected chi connectivity index (χ2v) is 5.92. The van der Waals surface area contributed by atoms with E-state index in [0.717, 1.165) is 25.1 Å². The van der Waals surface area contributed by atoms with Crippen LogP contribution in [0.1, 0.15) is 38.5 Å². The van der Waals surface area contributed by atoms with Crippen LogP contribution in [0.25, 0.3) is 0 Å². The Morgan fingerprint density at radius 3 is 2.90 bits per heavy atom. The number of halogens is 1. The number of anilines is 1. The van der Waals surface area contributed by atoms with Gasteiger partial charge in [0.15, 0.2) is 11.6 Å². The SMILES string of the molecule is COc1cc(NC2CCOC3(CCCC3)C2)ccc1F. The summed E-state index contributed by atoms with van der Waals surface area (Å²) in [4.78, 5) is 0. The van der Waals surface area contributed by atoms with Gasteiger partial charge >= 0.3 is 0 Å². The second-order valence-electron chi connectivity index (χ2n) is 5.92. The van der Waals surface area contributed by atoms with Crippen molar-refractivity contribution in [1.82, 2.24) is 0 Å². The van der Waals surface area contributed by atoms with Crippen molar-refractivity contribution >= 4 is 5.69 Å². The first-order valence-electron chi connectivity index (χ1n) is 7.45.